The second-order valence-corrected chi connectivity index (χ2v) is 11.7. The van der Waals surface area contributed by atoms with Crippen molar-refractivity contribution in [2.24, 2.45) is 5.92 Å². The van der Waals surface area contributed by atoms with Crippen molar-refractivity contribution in [1.82, 2.24) is 9.88 Å². The molecule has 5 heteroatoms. The first-order chi connectivity index (χ1) is 16.2. The number of aromatic nitrogens is 1. The van der Waals surface area contributed by atoms with Gasteiger partial charge in [0.15, 0.2) is 0 Å². The molecule has 0 amide bonds. The Hall–Kier alpha value is -2.40. The van der Waals surface area contributed by atoms with Gasteiger partial charge in [0.1, 0.15) is 5.82 Å². The highest BCUT2D eigenvalue weighted by Gasteiger charge is 2.37. The molecule has 0 bridgehead atoms. The molecule has 1 aromatic carbocycles. The van der Waals surface area contributed by atoms with Gasteiger partial charge in [0, 0.05) is 31.7 Å². The van der Waals surface area contributed by atoms with E-state index in [0.29, 0.717) is 6.61 Å². The Morgan fingerprint density at radius 2 is 1.71 bits per heavy atom. The first-order valence-corrected chi connectivity index (χ1v) is 13.0. The summed E-state index contributed by atoms with van der Waals surface area (Å²) in [7, 11) is 0. The van der Waals surface area contributed by atoms with E-state index in [9.17, 15) is 4.79 Å². The predicted molar refractivity (Wildman–Crippen MR) is 137 cm³/mol. The maximum Gasteiger partial charge on any atom is 0.309 e. The average Bonchev–Trinajstić information content (AvgIpc) is 3.25. The van der Waals surface area contributed by atoms with Gasteiger partial charge < -0.3 is 9.64 Å². The molecule has 2 fully saturated rings. The molecule has 5 rings (SSSR count). The van der Waals surface area contributed by atoms with Crippen LogP contribution in [0.3, 0.4) is 0 Å². The van der Waals surface area contributed by atoms with E-state index < -0.39 is 0 Å². The number of esters is 1. The number of cyclic esters (lactones) is 1. The van der Waals surface area contributed by atoms with E-state index in [0.717, 1.165) is 57.1 Å². The molecule has 1 unspecified atom stereocenters. The molecular weight excluding hydrogens is 422 g/mol. The van der Waals surface area contributed by atoms with Crippen LogP contribution in [0.1, 0.15) is 64.5 Å². The van der Waals surface area contributed by atoms with Crippen LogP contribution in [0.4, 0.5) is 5.82 Å². The van der Waals surface area contributed by atoms with Crippen molar-refractivity contribution in [2.75, 3.05) is 44.2 Å². The summed E-state index contributed by atoms with van der Waals surface area (Å²) in [6.07, 6.45) is 4.25. The first-order valence-electron chi connectivity index (χ1n) is 13.0. The summed E-state index contributed by atoms with van der Waals surface area (Å²) >= 11 is 0. The largest absolute Gasteiger partial charge is 0.465 e. The highest BCUT2D eigenvalue weighted by Crippen LogP contribution is 2.46. The van der Waals surface area contributed by atoms with Crippen LogP contribution >= 0.6 is 0 Å². The number of anilines is 1. The average molecular weight is 462 g/mol. The summed E-state index contributed by atoms with van der Waals surface area (Å²) in [6.45, 7) is 15.0. The van der Waals surface area contributed by atoms with Gasteiger partial charge in [-0.05, 0) is 72.4 Å². The van der Waals surface area contributed by atoms with Crippen LogP contribution in [0.2, 0.25) is 0 Å². The van der Waals surface area contributed by atoms with Crippen molar-refractivity contribution < 1.29 is 9.53 Å². The Balaban J connectivity index is 1.27. The van der Waals surface area contributed by atoms with Gasteiger partial charge in [0.05, 0.1) is 18.2 Å². The van der Waals surface area contributed by atoms with Gasteiger partial charge in [-0.1, -0.05) is 45.9 Å². The summed E-state index contributed by atoms with van der Waals surface area (Å²) in [5, 5.41) is 0. The molecule has 1 aliphatic carbocycles. The molecule has 3 aliphatic rings. The van der Waals surface area contributed by atoms with Gasteiger partial charge in [-0.2, -0.15) is 0 Å². The topological polar surface area (TPSA) is 45.7 Å². The highest BCUT2D eigenvalue weighted by atomic mass is 16.5. The Morgan fingerprint density at radius 3 is 2.41 bits per heavy atom. The minimum absolute atomic E-state index is 0.00576. The quantitative estimate of drug-likeness (QED) is 0.575. The third kappa shape index (κ3) is 4.59. The van der Waals surface area contributed by atoms with Crippen LogP contribution in [0.25, 0.3) is 11.3 Å². The number of hydrogen-bond donors (Lipinski definition) is 0. The molecule has 2 saturated heterocycles. The zero-order valence-corrected chi connectivity index (χ0v) is 21.3. The Morgan fingerprint density at radius 1 is 0.971 bits per heavy atom. The summed E-state index contributed by atoms with van der Waals surface area (Å²) in [5.74, 6) is 1.16. The van der Waals surface area contributed by atoms with Crippen molar-refractivity contribution in [1.29, 1.82) is 0 Å². The zero-order valence-electron chi connectivity index (χ0n) is 21.3. The Kier molecular flexibility index (Phi) is 6.18. The summed E-state index contributed by atoms with van der Waals surface area (Å²) in [4.78, 5) is 21.7. The van der Waals surface area contributed by atoms with Crippen molar-refractivity contribution in [2.45, 2.75) is 64.2 Å². The van der Waals surface area contributed by atoms with Gasteiger partial charge in [-0.15, -0.1) is 0 Å². The molecule has 2 aromatic rings. The number of carbonyl (C=O) groups excluding carboxylic acids is 1. The number of carbonyl (C=O) groups is 1. The van der Waals surface area contributed by atoms with E-state index in [-0.39, 0.29) is 22.7 Å². The van der Waals surface area contributed by atoms with Crippen LogP contribution < -0.4 is 4.90 Å². The summed E-state index contributed by atoms with van der Waals surface area (Å²) in [6, 6.07) is 13.4. The Bertz CT molecular complexity index is 1050. The lowest BCUT2D eigenvalue weighted by Gasteiger charge is -2.42. The first kappa shape index (κ1) is 23.3. The summed E-state index contributed by atoms with van der Waals surface area (Å²) < 4.78 is 5.11. The third-order valence-corrected chi connectivity index (χ3v) is 8.42. The van der Waals surface area contributed by atoms with Crippen LogP contribution in [-0.2, 0) is 20.4 Å². The minimum atomic E-state index is -0.00576. The maximum absolute atomic E-state index is 11.7. The molecule has 2 aliphatic heterocycles. The van der Waals surface area contributed by atoms with E-state index in [1.807, 2.05) is 0 Å². The van der Waals surface area contributed by atoms with Crippen molar-refractivity contribution in [3.05, 3.63) is 47.5 Å². The fourth-order valence-corrected chi connectivity index (χ4v) is 5.85. The lowest BCUT2D eigenvalue weighted by molar-refractivity contribution is -0.141. The van der Waals surface area contributed by atoms with Crippen molar-refractivity contribution >= 4 is 11.8 Å². The number of benzene rings is 1. The van der Waals surface area contributed by atoms with Gasteiger partial charge >= 0.3 is 5.97 Å². The van der Waals surface area contributed by atoms with Crippen molar-refractivity contribution in [3.8, 4) is 11.3 Å². The van der Waals surface area contributed by atoms with E-state index >= 15 is 0 Å². The minimum Gasteiger partial charge on any atom is -0.465 e. The van der Waals surface area contributed by atoms with Crippen LogP contribution in [0, 0.1) is 5.92 Å². The molecule has 0 spiro atoms. The van der Waals surface area contributed by atoms with Gasteiger partial charge in [-0.3, -0.25) is 9.69 Å². The lowest BCUT2D eigenvalue weighted by atomic mass is 9.63. The number of ether oxygens (including phenoxy) is 1. The van der Waals surface area contributed by atoms with Crippen molar-refractivity contribution in [3.63, 3.8) is 0 Å². The molecular formula is C29H39N3O2. The van der Waals surface area contributed by atoms with E-state index in [2.05, 4.69) is 73.9 Å². The molecule has 5 nitrogen and oxygen atoms in total. The second kappa shape index (κ2) is 8.99. The number of nitrogens with zero attached hydrogens (tertiary/aromatic N) is 3. The monoisotopic (exact) mass is 461 g/mol. The number of fused-ring (bicyclic) bond motifs is 1. The van der Waals surface area contributed by atoms with Crippen LogP contribution in [-0.4, -0.2) is 55.2 Å². The fourth-order valence-electron chi connectivity index (χ4n) is 5.85. The molecule has 0 N–H and O–H groups in total. The number of hydrogen-bond acceptors (Lipinski definition) is 5. The predicted octanol–water partition coefficient (Wildman–Crippen LogP) is 5.17. The second-order valence-electron chi connectivity index (χ2n) is 11.7. The third-order valence-electron chi connectivity index (χ3n) is 8.42. The molecule has 1 atom stereocenters. The molecule has 1 aromatic heterocycles. The standard InChI is InChI=1S/C29H39N3O2/c1-28(2)12-13-29(3,4)24-20-22(8-9-23(24)28)25-6-5-7-26(30-25)32-17-15-31(16-18-32)14-10-21-11-19-34-27(21)33/h5-9,20-21H,10-19H2,1-4H3. The fraction of sp³-hybridized carbons (Fsp3) is 0.586. The SMILES string of the molecule is CC1(C)CCC(C)(C)c2cc(-c3cccc(N4CCN(CCC5CCOC5=O)CC4)n3)ccc21. The zero-order chi connectivity index (χ0) is 23.9. The number of piperazine rings is 1. The maximum atomic E-state index is 11.7. The van der Waals surface area contributed by atoms with Gasteiger partial charge in [0.25, 0.3) is 0 Å². The van der Waals surface area contributed by atoms with Crippen LogP contribution in [0.5, 0.6) is 0 Å². The van der Waals surface area contributed by atoms with Crippen LogP contribution in [0.15, 0.2) is 36.4 Å². The molecule has 34 heavy (non-hydrogen) atoms. The highest BCUT2D eigenvalue weighted by molar-refractivity contribution is 5.74. The lowest BCUT2D eigenvalue weighted by Crippen LogP contribution is -2.47. The normalized spacial score (nSPS) is 24.1. The number of pyridine rings is 1. The van der Waals surface area contributed by atoms with Gasteiger partial charge in [-0.25, -0.2) is 4.98 Å². The van der Waals surface area contributed by atoms with E-state index in [4.69, 9.17) is 9.72 Å². The van der Waals surface area contributed by atoms with E-state index in [1.165, 1.54) is 29.5 Å². The van der Waals surface area contributed by atoms with Gasteiger partial charge in [0.2, 0.25) is 0 Å². The summed E-state index contributed by atoms with van der Waals surface area (Å²) in [5.41, 5.74) is 5.68. The van der Waals surface area contributed by atoms with E-state index in [1.54, 1.807) is 0 Å². The smallest absolute Gasteiger partial charge is 0.309 e. The molecule has 3 heterocycles. The Labute approximate surface area is 204 Å². The molecule has 0 saturated carbocycles. The molecule has 182 valence electrons. The molecule has 0 radical (unpaired) electrons. The number of rotatable bonds is 5.